The predicted molar refractivity (Wildman–Crippen MR) is 166 cm³/mol. The lowest BCUT2D eigenvalue weighted by molar-refractivity contribution is -0.117. The van der Waals surface area contributed by atoms with Gasteiger partial charge in [0, 0.05) is 24.3 Å². The van der Waals surface area contributed by atoms with Gasteiger partial charge in [0.1, 0.15) is 4.90 Å². The number of hydrogen-bond donors (Lipinski definition) is 6. The van der Waals surface area contributed by atoms with Crippen LogP contribution in [-0.4, -0.2) is 30.3 Å². The number of hydrogen-bond acceptors (Lipinski definition) is 8. The zero-order valence-electron chi connectivity index (χ0n) is 24.9. The molecule has 0 spiro atoms. The van der Waals surface area contributed by atoms with Crippen LogP contribution in [0.5, 0.6) is 0 Å². The molecular weight excluding hydrogens is 615 g/mol. The summed E-state index contributed by atoms with van der Waals surface area (Å²) in [6, 6.07) is 16.9. The molecule has 0 bridgehead atoms. The van der Waals surface area contributed by atoms with E-state index >= 15 is 0 Å². The Morgan fingerprint density at radius 2 is 1.38 bits per heavy atom. The van der Waals surface area contributed by atoms with Crippen molar-refractivity contribution in [2.75, 3.05) is 18.0 Å². The van der Waals surface area contributed by atoms with Crippen molar-refractivity contribution in [2.45, 2.75) is 62.9 Å². The molecule has 45 heavy (non-hydrogen) atoms. The number of anilines is 1. The number of benzene rings is 3. The maximum absolute atomic E-state index is 12.8. The molecule has 8 nitrogen and oxygen atoms in total. The topological polar surface area (TPSA) is 150 Å². The van der Waals surface area contributed by atoms with Gasteiger partial charge >= 0.3 is 0 Å². The van der Waals surface area contributed by atoms with Crippen molar-refractivity contribution < 1.29 is 31.3 Å². The van der Waals surface area contributed by atoms with E-state index in [1.54, 1.807) is 0 Å². The fraction of sp³-hybridized carbons (Fsp3) is 0.355. The first-order valence-electron chi connectivity index (χ1n) is 14.0. The van der Waals surface area contributed by atoms with Gasteiger partial charge in [-0.15, -0.1) is 0 Å². The number of likely N-dealkylation sites (N-methyl/N-ethyl adjacent to an activating group) is 1. The van der Waals surface area contributed by atoms with Gasteiger partial charge < -0.3 is 25.9 Å². The highest BCUT2D eigenvalue weighted by Gasteiger charge is 2.25. The molecule has 4 rings (SSSR count). The minimum absolute atomic E-state index is 0.0821. The van der Waals surface area contributed by atoms with E-state index in [1.165, 1.54) is 37.7 Å². The number of carbonyl (C=O) groups is 1. The summed E-state index contributed by atoms with van der Waals surface area (Å²) in [5, 5.41) is 8.65. The van der Waals surface area contributed by atoms with Crippen LogP contribution >= 0.6 is 12.0 Å². The Bertz CT molecular complexity index is 1300. The maximum Gasteiger partial charge on any atom is 0.241 e. The number of rotatable bonds is 9. The molecule has 0 unspecified atom stereocenters. The van der Waals surface area contributed by atoms with Gasteiger partial charge in [0.2, 0.25) is 11.7 Å². The Morgan fingerprint density at radius 3 is 1.84 bits per heavy atom. The third kappa shape index (κ3) is 11.3. The van der Waals surface area contributed by atoms with Gasteiger partial charge in [0.25, 0.3) is 0 Å². The number of amides is 1. The molecule has 1 aliphatic rings. The summed E-state index contributed by atoms with van der Waals surface area (Å²) in [6.45, 7) is 6.72. The van der Waals surface area contributed by atoms with Crippen molar-refractivity contribution in [2.24, 2.45) is 5.73 Å². The number of carbonyl (C=O) groups excluding carboxylic acids is 1. The van der Waals surface area contributed by atoms with E-state index in [-0.39, 0.29) is 5.91 Å². The van der Waals surface area contributed by atoms with Gasteiger partial charge in [-0.25, -0.2) is 33.0 Å². The van der Waals surface area contributed by atoms with Crippen LogP contribution < -0.4 is 16.0 Å². The summed E-state index contributed by atoms with van der Waals surface area (Å²) in [7, 11) is 0. The molecule has 1 saturated carbocycles. The van der Waals surface area contributed by atoms with Crippen molar-refractivity contribution in [1.29, 1.82) is 16.5 Å². The van der Waals surface area contributed by atoms with Crippen molar-refractivity contribution in [1.82, 2.24) is 5.32 Å². The Labute approximate surface area is 264 Å². The highest BCUT2D eigenvalue weighted by Crippen LogP contribution is 2.33. The van der Waals surface area contributed by atoms with Gasteiger partial charge in [0.05, 0.1) is 13.1 Å². The normalized spacial score (nSPS) is 12.4. The van der Waals surface area contributed by atoms with Gasteiger partial charge in [-0.2, -0.15) is 0 Å². The second-order valence-corrected chi connectivity index (χ2v) is 10.3. The van der Waals surface area contributed by atoms with Crippen molar-refractivity contribution >= 4 is 30.4 Å². The number of nitrogens with two attached hydrogens (primary N) is 1. The van der Waals surface area contributed by atoms with Crippen LogP contribution in [0.4, 0.5) is 27.6 Å². The van der Waals surface area contributed by atoms with E-state index in [9.17, 15) is 26.7 Å². The molecule has 1 aliphatic carbocycles. The lowest BCUT2D eigenvalue weighted by Gasteiger charge is -2.25. The van der Waals surface area contributed by atoms with Crippen LogP contribution in [0.3, 0.4) is 0 Å². The Hall–Kier alpha value is -3.72. The Balaban J connectivity index is 0.000000499. The number of halogens is 5. The number of nitrogens with zero attached hydrogens (tertiary/aromatic N) is 1. The summed E-state index contributed by atoms with van der Waals surface area (Å²) >= 11 is -0.538. The second kappa shape index (κ2) is 21.1. The molecule has 14 heteroatoms. The zero-order valence-corrected chi connectivity index (χ0v) is 25.8. The lowest BCUT2D eigenvalue weighted by Crippen LogP contribution is -2.37. The van der Waals surface area contributed by atoms with E-state index in [0.29, 0.717) is 25.6 Å². The highest BCUT2D eigenvalue weighted by atomic mass is 32.2. The SMILES string of the molecule is C=N.CCNCC(=O)N(Cc1ccc(C2CCCCC2)cc1)c1ccc(CN)cc1.N=N.OSc1c(F)c(F)c(F)c(F)c1F. The highest BCUT2D eigenvalue weighted by molar-refractivity contribution is 7.93. The summed E-state index contributed by atoms with van der Waals surface area (Å²) in [5.41, 5.74) is 20.3. The van der Waals surface area contributed by atoms with Crippen LogP contribution in [0.2, 0.25) is 0 Å². The van der Waals surface area contributed by atoms with E-state index in [4.69, 9.17) is 26.8 Å². The Kier molecular flexibility index (Phi) is 18.4. The summed E-state index contributed by atoms with van der Waals surface area (Å²) in [6.07, 6.45) is 6.68. The second-order valence-electron chi connectivity index (χ2n) is 9.70. The van der Waals surface area contributed by atoms with Crippen molar-refractivity contribution in [3.8, 4) is 0 Å². The first-order valence-corrected chi connectivity index (χ1v) is 14.8. The lowest BCUT2D eigenvalue weighted by atomic mass is 9.84. The van der Waals surface area contributed by atoms with Gasteiger partial charge in [0.15, 0.2) is 23.3 Å². The average molecular weight is 655 g/mol. The zero-order chi connectivity index (χ0) is 33.9. The fourth-order valence-corrected chi connectivity index (χ4v) is 4.98. The largest absolute Gasteiger partial charge is 0.326 e. The molecule has 1 fully saturated rings. The predicted octanol–water partition coefficient (Wildman–Crippen LogP) is 8.14. The standard InChI is InChI=1S/C24H33N3O.C6HF5OS.CH3N.H2N2/c1-2-26-17-24(28)27(23-14-10-19(16-25)11-15-23)18-20-8-12-22(13-9-20)21-6-4-3-5-7-21;7-1-2(8)4(10)6(13-12)5(11)3(1)9;2*1-2/h8-15,21,26H,2-7,16-18,25H2,1H3;12H;2H,1H2;1-2H. The van der Waals surface area contributed by atoms with Crippen LogP contribution in [0.15, 0.2) is 53.4 Å². The van der Waals surface area contributed by atoms with Crippen LogP contribution in [0.25, 0.3) is 0 Å². The molecule has 0 aromatic heterocycles. The first kappa shape index (κ1) is 39.3. The van der Waals surface area contributed by atoms with E-state index in [1.807, 2.05) is 36.1 Å². The van der Waals surface area contributed by atoms with E-state index < -0.39 is 46.0 Å². The molecule has 0 aliphatic heterocycles. The fourth-order valence-electron chi connectivity index (χ4n) is 4.64. The maximum atomic E-state index is 12.8. The number of nitrogens with one attached hydrogen (secondary N) is 4. The molecule has 1 amide bonds. The molecule has 7 N–H and O–H groups in total. The minimum atomic E-state index is -2.24. The van der Waals surface area contributed by atoms with E-state index in [0.717, 1.165) is 23.4 Å². The Morgan fingerprint density at radius 1 is 0.889 bits per heavy atom. The van der Waals surface area contributed by atoms with E-state index in [2.05, 4.69) is 36.3 Å². The van der Waals surface area contributed by atoms with Crippen LogP contribution in [-0.2, 0) is 17.9 Å². The molecule has 0 radical (unpaired) electrons. The molecule has 246 valence electrons. The molecule has 3 aromatic rings. The summed E-state index contributed by atoms with van der Waals surface area (Å²) < 4.78 is 70.1. The monoisotopic (exact) mass is 654 g/mol. The molecule has 0 saturated heterocycles. The quantitative estimate of drug-likeness (QED) is 0.0344. The average Bonchev–Trinajstić information content (AvgIpc) is 3.11. The molecule has 3 aromatic carbocycles. The van der Waals surface area contributed by atoms with Crippen LogP contribution in [0, 0.1) is 45.6 Å². The van der Waals surface area contributed by atoms with Gasteiger partial charge in [-0.3, -0.25) is 4.79 Å². The minimum Gasteiger partial charge on any atom is -0.326 e. The summed E-state index contributed by atoms with van der Waals surface area (Å²) in [5.74, 6) is -9.68. The van der Waals surface area contributed by atoms with Crippen molar-refractivity contribution in [3.05, 3.63) is 94.3 Å². The van der Waals surface area contributed by atoms with Crippen molar-refractivity contribution in [3.63, 3.8) is 0 Å². The van der Waals surface area contributed by atoms with Gasteiger partial charge in [-0.1, -0.05) is 62.6 Å². The third-order valence-electron chi connectivity index (χ3n) is 6.97. The molecule has 0 heterocycles. The van der Waals surface area contributed by atoms with Gasteiger partial charge in [-0.05, 0) is 60.8 Å². The molecule has 0 atom stereocenters. The van der Waals surface area contributed by atoms with Crippen LogP contribution in [0.1, 0.15) is 61.6 Å². The smallest absolute Gasteiger partial charge is 0.241 e. The third-order valence-corrected chi connectivity index (χ3v) is 7.51. The molecular formula is C31H39F5N6O2S. The summed E-state index contributed by atoms with van der Waals surface area (Å²) in [4.78, 5) is 13.4. The first-order chi connectivity index (χ1) is 21.7.